The average molecular weight is 398 g/mol. The van der Waals surface area contributed by atoms with Crippen LogP contribution in [0.4, 0.5) is 11.4 Å². The van der Waals surface area contributed by atoms with Gasteiger partial charge in [0.05, 0.1) is 0 Å². The number of aromatic nitrogens is 2. The highest BCUT2D eigenvalue weighted by Crippen LogP contribution is 2.19. The summed E-state index contributed by atoms with van der Waals surface area (Å²) in [5.74, 6) is 1.10. The maximum atomic E-state index is 12.1. The summed E-state index contributed by atoms with van der Waals surface area (Å²) in [5, 5.41) is 13.5. The molecule has 0 unspecified atom stereocenters. The minimum atomic E-state index is -0.146. The van der Waals surface area contributed by atoms with Gasteiger partial charge < -0.3 is 15.2 Å². The second-order valence-corrected chi connectivity index (χ2v) is 7.58. The van der Waals surface area contributed by atoms with Gasteiger partial charge in [0.2, 0.25) is 23.5 Å². The molecule has 0 aliphatic rings. The molecule has 8 heteroatoms. The largest absolute Gasteiger partial charge is 0.339 e. The van der Waals surface area contributed by atoms with Crippen molar-refractivity contribution in [2.45, 2.75) is 33.1 Å². The third-order valence-electron chi connectivity index (χ3n) is 3.86. The molecule has 2 aromatic heterocycles. The average Bonchev–Trinajstić information content (AvgIpc) is 3.32. The first-order valence-corrected chi connectivity index (χ1v) is 9.99. The predicted octanol–water partition coefficient (Wildman–Crippen LogP) is 4.35. The minimum absolute atomic E-state index is 0.0202. The number of rotatable bonds is 8. The lowest BCUT2D eigenvalue weighted by Crippen LogP contribution is -2.14. The highest BCUT2D eigenvalue weighted by molar-refractivity contribution is 7.08. The Morgan fingerprint density at radius 3 is 2.36 bits per heavy atom. The molecule has 0 aliphatic heterocycles. The molecule has 0 saturated carbocycles. The zero-order valence-corrected chi connectivity index (χ0v) is 16.6. The standard InChI is InChI=1S/C20H22N4O3S/c1-13(2)11-18(26)22-16-5-3-15(4-6-16)21-17(25)7-8-19-23-20(24-27-19)14-9-10-28-12-14/h3-6,9-10,12-13H,7-8,11H2,1-2H3,(H,21,25)(H,22,26). The third-order valence-corrected chi connectivity index (χ3v) is 4.54. The summed E-state index contributed by atoms with van der Waals surface area (Å²) in [4.78, 5) is 28.2. The minimum Gasteiger partial charge on any atom is -0.339 e. The molecule has 0 aliphatic carbocycles. The normalized spacial score (nSPS) is 10.8. The first-order valence-electron chi connectivity index (χ1n) is 9.04. The quantitative estimate of drug-likeness (QED) is 0.588. The highest BCUT2D eigenvalue weighted by atomic mass is 32.1. The summed E-state index contributed by atoms with van der Waals surface area (Å²) in [6, 6.07) is 8.95. The fraction of sp³-hybridized carbons (Fsp3) is 0.300. The van der Waals surface area contributed by atoms with E-state index in [1.165, 1.54) is 0 Å². The number of hydrogen-bond donors (Lipinski definition) is 2. The molecule has 3 aromatic rings. The number of nitrogens with zero attached hydrogens (tertiary/aromatic N) is 2. The smallest absolute Gasteiger partial charge is 0.227 e. The summed E-state index contributed by atoms with van der Waals surface area (Å²) in [6.45, 7) is 3.99. The van der Waals surface area contributed by atoms with Gasteiger partial charge in [-0.25, -0.2) is 0 Å². The van der Waals surface area contributed by atoms with Gasteiger partial charge in [0, 0.05) is 41.6 Å². The lowest BCUT2D eigenvalue weighted by molar-refractivity contribution is -0.117. The zero-order valence-electron chi connectivity index (χ0n) is 15.8. The van der Waals surface area contributed by atoms with Crippen LogP contribution in [0.2, 0.25) is 0 Å². The topological polar surface area (TPSA) is 97.1 Å². The SMILES string of the molecule is CC(C)CC(=O)Nc1ccc(NC(=O)CCc2nc(-c3ccsc3)no2)cc1. The number of hydrogen-bond acceptors (Lipinski definition) is 6. The van der Waals surface area contributed by atoms with Crippen LogP contribution in [-0.2, 0) is 16.0 Å². The molecule has 146 valence electrons. The van der Waals surface area contributed by atoms with Gasteiger partial charge >= 0.3 is 0 Å². The number of thiophene rings is 1. The molecule has 2 N–H and O–H groups in total. The Kier molecular flexibility index (Phi) is 6.54. The molecule has 0 radical (unpaired) electrons. The predicted molar refractivity (Wildman–Crippen MR) is 109 cm³/mol. The van der Waals surface area contributed by atoms with Gasteiger partial charge in [0.1, 0.15) is 0 Å². The lowest BCUT2D eigenvalue weighted by atomic mass is 10.1. The van der Waals surface area contributed by atoms with Crippen LogP contribution < -0.4 is 10.6 Å². The van der Waals surface area contributed by atoms with Gasteiger partial charge in [-0.05, 0) is 41.6 Å². The fourth-order valence-corrected chi connectivity index (χ4v) is 3.16. The number of aryl methyl sites for hydroxylation is 1. The van der Waals surface area contributed by atoms with Gasteiger partial charge in [-0.15, -0.1) is 0 Å². The van der Waals surface area contributed by atoms with Crippen molar-refractivity contribution in [3.05, 3.63) is 47.0 Å². The highest BCUT2D eigenvalue weighted by Gasteiger charge is 2.11. The molecule has 28 heavy (non-hydrogen) atoms. The van der Waals surface area contributed by atoms with Crippen molar-refractivity contribution in [1.29, 1.82) is 0 Å². The van der Waals surface area contributed by atoms with Crippen LogP contribution in [0.15, 0.2) is 45.6 Å². The number of carbonyl (C=O) groups excluding carboxylic acids is 2. The van der Waals surface area contributed by atoms with Crippen molar-refractivity contribution >= 4 is 34.5 Å². The van der Waals surface area contributed by atoms with E-state index in [0.717, 1.165) is 5.56 Å². The lowest BCUT2D eigenvalue weighted by Gasteiger charge is -2.09. The molecule has 0 atom stereocenters. The van der Waals surface area contributed by atoms with Crippen molar-refractivity contribution in [1.82, 2.24) is 10.1 Å². The molecular weight excluding hydrogens is 376 g/mol. The zero-order chi connectivity index (χ0) is 19.9. The molecule has 1 aromatic carbocycles. The van der Waals surface area contributed by atoms with Crippen LogP contribution >= 0.6 is 11.3 Å². The summed E-state index contributed by atoms with van der Waals surface area (Å²) >= 11 is 1.56. The monoisotopic (exact) mass is 398 g/mol. The maximum Gasteiger partial charge on any atom is 0.227 e. The van der Waals surface area contributed by atoms with E-state index in [1.54, 1.807) is 35.6 Å². The Morgan fingerprint density at radius 1 is 1.07 bits per heavy atom. The molecule has 2 amide bonds. The van der Waals surface area contributed by atoms with E-state index < -0.39 is 0 Å². The van der Waals surface area contributed by atoms with Crippen molar-refractivity contribution in [3.63, 3.8) is 0 Å². The van der Waals surface area contributed by atoms with E-state index >= 15 is 0 Å². The Morgan fingerprint density at radius 2 is 1.75 bits per heavy atom. The van der Waals surface area contributed by atoms with E-state index in [9.17, 15) is 9.59 Å². The Labute approximate surface area is 167 Å². The van der Waals surface area contributed by atoms with Crippen LogP contribution in [0.5, 0.6) is 0 Å². The van der Waals surface area contributed by atoms with Crippen molar-refractivity contribution in [2.75, 3.05) is 10.6 Å². The van der Waals surface area contributed by atoms with Crippen LogP contribution in [0.25, 0.3) is 11.4 Å². The summed E-state index contributed by atoms with van der Waals surface area (Å²) in [5.41, 5.74) is 2.27. The van der Waals surface area contributed by atoms with Crippen molar-refractivity contribution < 1.29 is 14.1 Å². The number of anilines is 2. The second kappa shape index (κ2) is 9.27. The number of carbonyl (C=O) groups is 2. The van der Waals surface area contributed by atoms with Gasteiger partial charge in [-0.2, -0.15) is 16.3 Å². The molecule has 7 nitrogen and oxygen atoms in total. The van der Waals surface area contributed by atoms with E-state index in [4.69, 9.17) is 4.52 Å². The third kappa shape index (κ3) is 5.75. The van der Waals surface area contributed by atoms with Crippen LogP contribution in [-0.4, -0.2) is 22.0 Å². The Hall–Kier alpha value is -3.00. The van der Waals surface area contributed by atoms with Crippen molar-refractivity contribution in [3.8, 4) is 11.4 Å². The Balaban J connectivity index is 1.46. The van der Waals surface area contributed by atoms with Crippen LogP contribution in [0, 0.1) is 5.92 Å². The molecule has 0 saturated heterocycles. The molecule has 0 spiro atoms. The van der Waals surface area contributed by atoms with Gasteiger partial charge in [0.25, 0.3) is 0 Å². The Bertz CT molecular complexity index is 917. The first kappa shape index (κ1) is 19.8. The maximum absolute atomic E-state index is 12.1. The second-order valence-electron chi connectivity index (χ2n) is 6.80. The summed E-state index contributed by atoms with van der Waals surface area (Å²) in [6.07, 6.45) is 1.08. The number of nitrogens with one attached hydrogen (secondary N) is 2. The van der Waals surface area contributed by atoms with Gasteiger partial charge in [-0.1, -0.05) is 19.0 Å². The molecule has 0 fully saturated rings. The molecule has 2 heterocycles. The van der Waals surface area contributed by atoms with Gasteiger partial charge in [-0.3, -0.25) is 9.59 Å². The molecule has 3 rings (SSSR count). The van der Waals surface area contributed by atoms with Crippen molar-refractivity contribution in [2.24, 2.45) is 5.92 Å². The van der Waals surface area contributed by atoms with Crippen LogP contribution in [0.1, 0.15) is 32.6 Å². The van der Waals surface area contributed by atoms with Crippen LogP contribution in [0.3, 0.4) is 0 Å². The van der Waals surface area contributed by atoms with Gasteiger partial charge in [0.15, 0.2) is 0 Å². The summed E-state index contributed by atoms with van der Waals surface area (Å²) < 4.78 is 5.19. The number of benzene rings is 1. The number of amides is 2. The molecular formula is C20H22N4O3S. The fourth-order valence-electron chi connectivity index (χ4n) is 2.53. The van der Waals surface area contributed by atoms with E-state index in [-0.39, 0.29) is 18.2 Å². The van der Waals surface area contributed by atoms with E-state index in [1.807, 2.05) is 30.7 Å². The first-order chi connectivity index (χ1) is 13.5. The van der Waals surface area contributed by atoms with E-state index in [2.05, 4.69) is 20.8 Å². The molecule has 0 bridgehead atoms. The summed E-state index contributed by atoms with van der Waals surface area (Å²) in [7, 11) is 0. The van der Waals surface area contributed by atoms with E-state index in [0.29, 0.717) is 41.8 Å².